The van der Waals surface area contributed by atoms with Crippen LogP contribution in [0.3, 0.4) is 0 Å². The molecule has 0 saturated carbocycles. The van der Waals surface area contributed by atoms with Crippen LogP contribution < -0.4 is 10.6 Å². The number of fused-ring (bicyclic) bond motifs is 1. The predicted octanol–water partition coefficient (Wildman–Crippen LogP) is 1.44. The number of carbonyl (C=O) groups is 2. The maximum Gasteiger partial charge on any atom is 0.317 e. The first kappa shape index (κ1) is 17.7. The molecule has 1 aromatic rings. The molecule has 3 rings (SSSR count). The minimum Gasteiger partial charge on any atom is -0.350 e. The van der Waals surface area contributed by atoms with Crippen LogP contribution in [0.1, 0.15) is 29.6 Å². The number of benzene rings is 1. The third-order valence-corrected chi connectivity index (χ3v) is 4.93. The maximum absolute atomic E-state index is 13.5. The quantitative estimate of drug-likeness (QED) is 0.809. The molecule has 7 heteroatoms. The van der Waals surface area contributed by atoms with E-state index in [0.29, 0.717) is 12.6 Å². The first-order chi connectivity index (χ1) is 12.1. The molecule has 2 aliphatic heterocycles. The molecule has 1 aromatic carbocycles. The number of hydrogen-bond acceptors (Lipinski definition) is 3. The average molecular weight is 348 g/mol. The number of rotatable bonds is 4. The Bertz CT molecular complexity index is 625. The first-order valence-electron chi connectivity index (χ1n) is 8.94. The van der Waals surface area contributed by atoms with Crippen LogP contribution in [0.2, 0.25) is 0 Å². The minimum absolute atomic E-state index is 0.0160. The van der Waals surface area contributed by atoms with E-state index in [1.54, 1.807) is 12.1 Å². The lowest BCUT2D eigenvalue weighted by molar-refractivity contribution is 0.0644. The van der Waals surface area contributed by atoms with Gasteiger partial charge in [0.25, 0.3) is 5.91 Å². The SMILES string of the molecule is O=C(NCCNC(=O)N1CCN2CCCCC2C1)c1ccccc1F. The topological polar surface area (TPSA) is 64.7 Å². The molecule has 0 bridgehead atoms. The molecule has 2 saturated heterocycles. The lowest BCUT2D eigenvalue weighted by Gasteiger charge is -2.43. The average Bonchev–Trinajstić information content (AvgIpc) is 2.64. The van der Waals surface area contributed by atoms with Crippen LogP contribution in [0.25, 0.3) is 0 Å². The van der Waals surface area contributed by atoms with Gasteiger partial charge in [0, 0.05) is 38.8 Å². The molecule has 2 aliphatic rings. The van der Waals surface area contributed by atoms with E-state index in [4.69, 9.17) is 0 Å². The van der Waals surface area contributed by atoms with Gasteiger partial charge in [0.15, 0.2) is 0 Å². The van der Waals surface area contributed by atoms with Gasteiger partial charge in [-0.15, -0.1) is 0 Å². The van der Waals surface area contributed by atoms with Crippen LogP contribution in [0.5, 0.6) is 0 Å². The van der Waals surface area contributed by atoms with E-state index in [1.807, 2.05) is 4.90 Å². The van der Waals surface area contributed by atoms with E-state index in [9.17, 15) is 14.0 Å². The molecule has 3 amide bonds. The van der Waals surface area contributed by atoms with Crippen molar-refractivity contribution in [2.24, 2.45) is 0 Å². The van der Waals surface area contributed by atoms with Crippen LogP contribution >= 0.6 is 0 Å². The third kappa shape index (κ3) is 4.48. The highest BCUT2D eigenvalue weighted by Crippen LogP contribution is 2.20. The molecule has 1 atom stereocenters. The van der Waals surface area contributed by atoms with Gasteiger partial charge in [0.05, 0.1) is 5.56 Å². The molecule has 2 heterocycles. The third-order valence-electron chi connectivity index (χ3n) is 4.93. The Morgan fingerprint density at radius 2 is 1.88 bits per heavy atom. The fourth-order valence-corrected chi connectivity index (χ4v) is 3.54. The Balaban J connectivity index is 1.38. The van der Waals surface area contributed by atoms with E-state index in [-0.39, 0.29) is 18.1 Å². The Labute approximate surface area is 147 Å². The Kier molecular flexibility index (Phi) is 5.86. The number of piperidine rings is 1. The molecule has 25 heavy (non-hydrogen) atoms. The number of amides is 3. The summed E-state index contributed by atoms with van der Waals surface area (Å²) in [7, 11) is 0. The molecule has 2 fully saturated rings. The molecule has 1 unspecified atom stereocenters. The van der Waals surface area contributed by atoms with Gasteiger partial charge in [-0.05, 0) is 31.5 Å². The first-order valence-corrected chi connectivity index (χ1v) is 8.94. The van der Waals surface area contributed by atoms with Gasteiger partial charge in [-0.1, -0.05) is 18.6 Å². The normalized spacial score (nSPS) is 20.7. The predicted molar refractivity (Wildman–Crippen MR) is 92.9 cm³/mol. The van der Waals surface area contributed by atoms with Crippen LogP contribution in [0.4, 0.5) is 9.18 Å². The van der Waals surface area contributed by atoms with Crippen molar-refractivity contribution >= 4 is 11.9 Å². The second-order valence-corrected chi connectivity index (χ2v) is 6.60. The lowest BCUT2D eigenvalue weighted by atomic mass is 10.00. The van der Waals surface area contributed by atoms with Gasteiger partial charge in [-0.2, -0.15) is 0 Å². The molecule has 0 aromatic heterocycles. The van der Waals surface area contributed by atoms with Gasteiger partial charge in [-0.3, -0.25) is 9.69 Å². The van der Waals surface area contributed by atoms with Crippen LogP contribution in [0.15, 0.2) is 24.3 Å². The van der Waals surface area contributed by atoms with Crippen LogP contribution in [-0.2, 0) is 0 Å². The number of nitrogens with one attached hydrogen (secondary N) is 2. The van der Waals surface area contributed by atoms with Crippen molar-refractivity contribution < 1.29 is 14.0 Å². The number of carbonyl (C=O) groups excluding carboxylic acids is 2. The summed E-state index contributed by atoms with van der Waals surface area (Å²) >= 11 is 0. The smallest absolute Gasteiger partial charge is 0.317 e. The van der Waals surface area contributed by atoms with Crippen molar-refractivity contribution in [1.29, 1.82) is 0 Å². The summed E-state index contributed by atoms with van der Waals surface area (Å²) in [5.41, 5.74) is 0.0160. The number of urea groups is 1. The summed E-state index contributed by atoms with van der Waals surface area (Å²) in [6.07, 6.45) is 3.64. The molecular formula is C18H25FN4O2. The standard InChI is InChI=1S/C18H25FN4O2/c19-16-7-2-1-6-15(16)17(24)20-8-9-21-18(25)23-12-11-22-10-4-3-5-14(22)13-23/h1-2,6-7,14H,3-5,8-13H2,(H,20,24)(H,21,25). The molecule has 6 nitrogen and oxygen atoms in total. The van der Waals surface area contributed by atoms with Crippen molar-refractivity contribution in [3.05, 3.63) is 35.6 Å². The van der Waals surface area contributed by atoms with Gasteiger partial charge in [0.1, 0.15) is 5.82 Å². The van der Waals surface area contributed by atoms with E-state index in [0.717, 1.165) is 32.6 Å². The molecule has 0 radical (unpaired) electrons. The highest BCUT2D eigenvalue weighted by molar-refractivity contribution is 5.94. The zero-order chi connectivity index (χ0) is 17.6. The van der Waals surface area contributed by atoms with Crippen LogP contribution in [-0.4, -0.2) is 67.0 Å². The van der Waals surface area contributed by atoms with Gasteiger partial charge < -0.3 is 15.5 Å². The summed E-state index contributed by atoms with van der Waals surface area (Å²) in [5.74, 6) is -1.02. The Morgan fingerprint density at radius 1 is 1.08 bits per heavy atom. The summed E-state index contributed by atoms with van der Waals surface area (Å²) in [6, 6.07) is 6.23. The summed E-state index contributed by atoms with van der Waals surface area (Å²) in [5, 5.41) is 5.45. The van der Waals surface area contributed by atoms with E-state index < -0.39 is 11.7 Å². The maximum atomic E-state index is 13.5. The molecule has 0 aliphatic carbocycles. The fourth-order valence-electron chi connectivity index (χ4n) is 3.54. The molecule has 0 spiro atoms. The summed E-state index contributed by atoms with van der Waals surface area (Å²) < 4.78 is 13.5. The lowest BCUT2D eigenvalue weighted by Crippen LogP contribution is -2.58. The number of nitrogens with zero attached hydrogens (tertiary/aromatic N) is 2. The van der Waals surface area contributed by atoms with Crippen molar-refractivity contribution in [1.82, 2.24) is 20.4 Å². The summed E-state index contributed by atoms with van der Waals surface area (Å²) in [4.78, 5) is 28.5. The molecule has 2 N–H and O–H groups in total. The van der Waals surface area contributed by atoms with Crippen molar-refractivity contribution in [3.63, 3.8) is 0 Å². The zero-order valence-electron chi connectivity index (χ0n) is 14.3. The van der Waals surface area contributed by atoms with E-state index in [1.165, 1.54) is 25.0 Å². The fraction of sp³-hybridized carbons (Fsp3) is 0.556. The largest absolute Gasteiger partial charge is 0.350 e. The number of hydrogen-bond donors (Lipinski definition) is 2. The van der Waals surface area contributed by atoms with Crippen LogP contribution in [0, 0.1) is 5.82 Å². The monoisotopic (exact) mass is 348 g/mol. The van der Waals surface area contributed by atoms with E-state index in [2.05, 4.69) is 15.5 Å². The van der Waals surface area contributed by atoms with Gasteiger partial charge >= 0.3 is 6.03 Å². The van der Waals surface area contributed by atoms with Crippen molar-refractivity contribution in [2.75, 3.05) is 39.3 Å². The second-order valence-electron chi connectivity index (χ2n) is 6.60. The Hall–Kier alpha value is -2.15. The minimum atomic E-state index is -0.547. The number of piperazine rings is 1. The van der Waals surface area contributed by atoms with Crippen molar-refractivity contribution in [2.45, 2.75) is 25.3 Å². The number of halogens is 1. The second kappa shape index (κ2) is 8.29. The van der Waals surface area contributed by atoms with Gasteiger partial charge in [0.2, 0.25) is 0 Å². The molecular weight excluding hydrogens is 323 g/mol. The van der Waals surface area contributed by atoms with Crippen molar-refractivity contribution in [3.8, 4) is 0 Å². The van der Waals surface area contributed by atoms with E-state index >= 15 is 0 Å². The van der Waals surface area contributed by atoms with Gasteiger partial charge in [-0.25, -0.2) is 9.18 Å². The molecule has 136 valence electrons. The highest BCUT2D eigenvalue weighted by Gasteiger charge is 2.30. The Morgan fingerprint density at radius 3 is 2.72 bits per heavy atom. The summed E-state index contributed by atoms with van der Waals surface area (Å²) in [6.45, 7) is 4.17. The highest BCUT2D eigenvalue weighted by atomic mass is 19.1. The zero-order valence-corrected chi connectivity index (χ0v) is 14.3.